The van der Waals surface area contributed by atoms with E-state index in [1.165, 1.54) is 11.3 Å². The average molecular weight is 452 g/mol. The van der Waals surface area contributed by atoms with Gasteiger partial charge in [-0.3, -0.25) is 9.59 Å². The van der Waals surface area contributed by atoms with Gasteiger partial charge in [-0.05, 0) is 38.0 Å². The maximum atomic E-state index is 13.1. The molecule has 0 unspecified atom stereocenters. The summed E-state index contributed by atoms with van der Waals surface area (Å²) in [5.74, 6) is 1.56. The molecule has 1 N–H and O–H groups in total. The summed E-state index contributed by atoms with van der Waals surface area (Å²) in [4.78, 5) is 41.1. The van der Waals surface area contributed by atoms with Crippen LogP contribution in [0.25, 0.3) is 10.8 Å². The van der Waals surface area contributed by atoms with Crippen LogP contribution in [0.1, 0.15) is 28.2 Å². The molecule has 2 aliphatic heterocycles. The number of amides is 2. The molecule has 5 rings (SSSR count). The van der Waals surface area contributed by atoms with Crippen molar-refractivity contribution in [2.75, 3.05) is 25.2 Å². The first-order chi connectivity index (χ1) is 15.6. The van der Waals surface area contributed by atoms with E-state index in [0.717, 1.165) is 0 Å². The fourth-order valence-electron chi connectivity index (χ4n) is 3.81. The van der Waals surface area contributed by atoms with Crippen LogP contribution in [0.2, 0.25) is 0 Å². The molecule has 4 heterocycles. The van der Waals surface area contributed by atoms with Crippen LogP contribution in [-0.2, 0) is 4.79 Å². The molecule has 2 aliphatic rings. The van der Waals surface area contributed by atoms with Crippen molar-refractivity contribution in [3.63, 3.8) is 0 Å². The quantitative estimate of drug-likeness (QED) is 0.649. The Morgan fingerprint density at radius 1 is 1.12 bits per heavy atom. The van der Waals surface area contributed by atoms with Gasteiger partial charge in [0.1, 0.15) is 4.88 Å². The van der Waals surface area contributed by atoms with Crippen molar-refractivity contribution in [3.8, 4) is 22.3 Å². The minimum atomic E-state index is -0.152. The zero-order valence-corrected chi connectivity index (χ0v) is 18.2. The summed E-state index contributed by atoms with van der Waals surface area (Å²) >= 11 is 1.30. The summed E-state index contributed by atoms with van der Waals surface area (Å²) < 4.78 is 10.7. The second-order valence-electron chi connectivity index (χ2n) is 7.63. The smallest absolute Gasteiger partial charge is 0.265 e. The first kappa shape index (κ1) is 20.4. The molecule has 1 aromatic carbocycles. The topological polar surface area (TPSA) is 107 Å². The number of fused-ring (bicyclic) bond motifs is 1. The molecule has 1 saturated heterocycles. The summed E-state index contributed by atoms with van der Waals surface area (Å²) in [6.07, 6.45) is 4.52. The molecule has 32 heavy (non-hydrogen) atoms. The lowest BCUT2D eigenvalue weighted by molar-refractivity contribution is -0.121. The summed E-state index contributed by atoms with van der Waals surface area (Å²) in [6, 6.07) is 7.08. The van der Waals surface area contributed by atoms with Crippen LogP contribution in [-0.4, -0.2) is 51.5 Å². The van der Waals surface area contributed by atoms with E-state index in [9.17, 15) is 9.59 Å². The number of thiazole rings is 1. The van der Waals surface area contributed by atoms with Gasteiger partial charge in [0.25, 0.3) is 5.91 Å². The van der Waals surface area contributed by atoms with Gasteiger partial charge in [0.15, 0.2) is 22.3 Å². The molecule has 0 spiro atoms. The van der Waals surface area contributed by atoms with Gasteiger partial charge in [-0.2, -0.15) is 0 Å². The van der Waals surface area contributed by atoms with E-state index in [1.807, 2.05) is 6.92 Å². The SMILES string of the molecule is Cc1nc(-c2ncccn2)sc1C(=O)N1CCC(C(=O)Nc2ccc3c(c2)OCO3)CC1. The van der Waals surface area contributed by atoms with E-state index in [1.54, 1.807) is 41.6 Å². The fraction of sp³-hybridized carbons (Fsp3) is 0.318. The Hall–Kier alpha value is -3.53. The lowest BCUT2D eigenvalue weighted by Gasteiger charge is -2.31. The average Bonchev–Trinajstić information content (AvgIpc) is 3.45. The van der Waals surface area contributed by atoms with Crippen molar-refractivity contribution in [2.24, 2.45) is 5.92 Å². The first-order valence-corrected chi connectivity index (χ1v) is 11.1. The number of anilines is 1. The van der Waals surface area contributed by atoms with Crippen LogP contribution in [0, 0.1) is 12.8 Å². The molecule has 10 heteroatoms. The minimum Gasteiger partial charge on any atom is -0.454 e. The third-order valence-electron chi connectivity index (χ3n) is 5.54. The summed E-state index contributed by atoms with van der Waals surface area (Å²) in [5.41, 5.74) is 1.35. The number of benzene rings is 1. The van der Waals surface area contributed by atoms with Gasteiger partial charge in [0.05, 0.1) is 5.69 Å². The standard InChI is InChI=1S/C22H21N5O4S/c1-13-18(32-21(25-13)19-23-7-2-8-24-19)22(29)27-9-5-14(6-10-27)20(28)26-15-3-4-16-17(11-15)31-12-30-16/h2-4,7-8,11,14H,5-6,9-10,12H2,1H3,(H,26,28). The number of ether oxygens (including phenoxy) is 2. The highest BCUT2D eigenvalue weighted by Crippen LogP contribution is 2.34. The number of rotatable bonds is 4. The van der Waals surface area contributed by atoms with E-state index < -0.39 is 0 Å². The number of hydrogen-bond acceptors (Lipinski definition) is 8. The van der Waals surface area contributed by atoms with Gasteiger partial charge in [0, 0.05) is 43.2 Å². The van der Waals surface area contributed by atoms with Crippen molar-refractivity contribution in [2.45, 2.75) is 19.8 Å². The number of nitrogens with one attached hydrogen (secondary N) is 1. The van der Waals surface area contributed by atoms with Gasteiger partial charge < -0.3 is 19.7 Å². The highest BCUT2D eigenvalue weighted by molar-refractivity contribution is 7.17. The molecule has 164 valence electrons. The molecule has 0 saturated carbocycles. The number of piperidine rings is 1. The van der Waals surface area contributed by atoms with Gasteiger partial charge in [-0.25, -0.2) is 15.0 Å². The van der Waals surface area contributed by atoms with Crippen LogP contribution in [0.3, 0.4) is 0 Å². The van der Waals surface area contributed by atoms with Crippen molar-refractivity contribution >= 4 is 28.8 Å². The van der Waals surface area contributed by atoms with Gasteiger partial charge in [0.2, 0.25) is 12.7 Å². The third kappa shape index (κ3) is 4.01. The Morgan fingerprint density at radius 2 is 1.88 bits per heavy atom. The number of nitrogens with zero attached hydrogens (tertiary/aromatic N) is 4. The molecule has 2 aromatic heterocycles. The Labute approximate surface area is 188 Å². The van der Waals surface area contributed by atoms with Gasteiger partial charge in [-0.15, -0.1) is 11.3 Å². The molecule has 1 fully saturated rings. The molecular formula is C22H21N5O4S. The Kier molecular flexibility index (Phi) is 5.44. The van der Waals surface area contributed by atoms with E-state index in [4.69, 9.17) is 9.47 Å². The summed E-state index contributed by atoms with van der Waals surface area (Å²) in [7, 11) is 0. The van der Waals surface area contributed by atoms with Crippen molar-refractivity contribution < 1.29 is 19.1 Å². The predicted octanol–water partition coefficient (Wildman–Crippen LogP) is 3.13. The zero-order chi connectivity index (χ0) is 22.1. The highest BCUT2D eigenvalue weighted by atomic mass is 32.1. The van der Waals surface area contributed by atoms with E-state index >= 15 is 0 Å². The van der Waals surface area contributed by atoms with Crippen LogP contribution in [0.15, 0.2) is 36.7 Å². The highest BCUT2D eigenvalue weighted by Gasteiger charge is 2.30. The molecule has 0 radical (unpaired) electrons. The summed E-state index contributed by atoms with van der Waals surface area (Å²) in [5, 5.41) is 3.58. The number of carbonyl (C=O) groups is 2. The Bertz CT molecular complexity index is 1160. The number of aromatic nitrogens is 3. The second-order valence-corrected chi connectivity index (χ2v) is 8.63. The van der Waals surface area contributed by atoms with Gasteiger partial charge >= 0.3 is 0 Å². The third-order valence-corrected chi connectivity index (χ3v) is 6.68. The molecule has 9 nitrogen and oxygen atoms in total. The summed E-state index contributed by atoms with van der Waals surface area (Å²) in [6.45, 7) is 3.05. The maximum Gasteiger partial charge on any atom is 0.265 e. The number of carbonyl (C=O) groups excluding carboxylic acids is 2. The largest absolute Gasteiger partial charge is 0.454 e. The van der Waals surface area contributed by atoms with Crippen LogP contribution < -0.4 is 14.8 Å². The monoisotopic (exact) mass is 451 g/mol. The van der Waals surface area contributed by atoms with Crippen LogP contribution in [0.4, 0.5) is 5.69 Å². The van der Waals surface area contributed by atoms with Crippen molar-refractivity contribution in [1.29, 1.82) is 0 Å². The van der Waals surface area contributed by atoms with Crippen molar-refractivity contribution in [1.82, 2.24) is 19.9 Å². The number of aryl methyl sites for hydroxylation is 1. The molecule has 0 bridgehead atoms. The predicted molar refractivity (Wildman–Crippen MR) is 118 cm³/mol. The Morgan fingerprint density at radius 3 is 2.66 bits per heavy atom. The zero-order valence-electron chi connectivity index (χ0n) is 17.4. The maximum absolute atomic E-state index is 13.1. The normalized spacial score (nSPS) is 15.6. The second kappa shape index (κ2) is 8.54. The van der Waals surface area contributed by atoms with Crippen LogP contribution in [0.5, 0.6) is 11.5 Å². The molecule has 0 aliphatic carbocycles. The van der Waals surface area contributed by atoms with Crippen molar-refractivity contribution in [3.05, 3.63) is 47.2 Å². The number of likely N-dealkylation sites (tertiary alicyclic amines) is 1. The van der Waals surface area contributed by atoms with E-state index in [-0.39, 0.29) is 24.5 Å². The Balaban J connectivity index is 1.20. The van der Waals surface area contributed by atoms with Gasteiger partial charge in [-0.1, -0.05) is 0 Å². The molecular weight excluding hydrogens is 430 g/mol. The van der Waals surface area contributed by atoms with E-state index in [2.05, 4.69) is 20.3 Å². The molecule has 2 amide bonds. The van der Waals surface area contributed by atoms with Crippen LogP contribution >= 0.6 is 11.3 Å². The molecule has 3 aromatic rings. The van der Waals surface area contributed by atoms with E-state index in [0.29, 0.717) is 64.5 Å². The lowest BCUT2D eigenvalue weighted by atomic mass is 9.95. The lowest BCUT2D eigenvalue weighted by Crippen LogP contribution is -2.41. The fourth-order valence-corrected chi connectivity index (χ4v) is 4.79. The first-order valence-electron chi connectivity index (χ1n) is 10.3. The number of hydrogen-bond donors (Lipinski definition) is 1. The molecule has 0 atom stereocenters. The minimum absolute atomic E-state index is 0.0477.